The average Bonchev–Trinajstić information content (AvgIpc) is 3.47. The third-order valence-electron chi connectivity index (χ3n) is 5.42. The van der Waals surface area contributed by atoms with Gasteiger partial charge >= 0.3 is 0 Å². The van der Waals surface area contributed by atoms with Crippen LogP contribution < -0.4 is 29.6 Å². The second-order valence-electron chi connectivity index (χ2n) is 7.23. The van der Waals surface area contributed by atoms with Crippen LogP contribution in [-0.4, -0.2) is 37.5 Å². The van der Waals surface area contributed by atoms with Crippen molar-refractivity contribution in [3.8, 4) is 23.0 Å². The van der Waals surface area contributed by atoms with Crippen LogP contribution >= 0.6 is 0 Å². The van der Waals surface area contributed by atoms with Crippen LogP contribution in [0.2, 0.25) is 0 Å². The van der Waals surface area contributed by atoms with Gasteiger partial charge in [-0.15, -0.1) is 0 Å². The van der Waals surface area contributed by atoms with Crippen LogP contribution in [0.1, 0.15) is 40.0 Å². The zero-order chi connectivity index (χ0) is 19.8. The molecular formula is C21H20N2O6. The number of fused-ring (bicyclic) bond motifs is 2. The first-order valence-electron chi connectivity index (χ1n) is 9.58. The first-order chi connectivity index (χ1) is 14.2. The Labute approximate surface area is 167 Å². The van der Waals surface area contributed by atoms with Crippen LogP contribution in [-0.2, 0) is 0 Å². The molecule has 2 atom stereocenters. The summed E-state index contributed by atoms with van der Waals surface area (Å²) in [7, 11) is 0. The second-order valence-corrected chi connectivity index (χ2v) is 7.23. The van der Waals surface area contributed by atoms with E-state index < -0.39 is 0 Å². The van der Waals surface area contributed by atoms with Gasteiger partial charge in [-0.3, -0.25) is 9.59 Å². The summed E-state index contributed by atoms with van der Waals surface area (Å²) >= 11 is 0. The van der Waals surface area contributed by atoms with E-state index in [4.69, 9.17) is 18.9 Å². The van der Waals surface area contributed by atoms with Gasteiger partial charge in [-0.25, -0.2) is 0 Å². The molecule has 2 amide bonds. The van der Waals surface area contributed by atoms with Gasteiger partial charge in [0, 0.05) is 23.2 Å². The molecule has 3 aliphatic rings. The van der Waals surface area contributed by atoms with Crippen molar-refractivity contribution in [3.63, 3.8) is 0 Å². The first kappa shape index (κ1) is 17.7. The van der Waals surface area contributed by atoms with Crippen molar-refractivity contribution in [1.29, 1.82) is 0 Å². The predicted molar refractivity (Wildman–Crippen MR) is 101 cm³/mol. The van der Waals surface area contributed by atoms with E-state index in [9.17, 15) is 9.59 Å². The molecule has 1 aliphatic carbocycles. The summed E-state index contributed by atoms with van der Waals surface area (Å²) in [5.41, 5.74) is 1.00. The molecule has 0 spiro atoms. The molecule has 2 N–H and O–H groups in total. The Morgan fingerprint density at radius 2 is 1.14 bits per heavy atom. The fourth-order valence-electron chi connectivity index (χ4n) is 3.88. The quantitative estimate of drug-likeness (QED) is 0.823. The number of carbonyl (C=O) groups excluding carboxylic acids is 2. The number of benzene rings is 2. The fourth-order valence-corrected chi connectivity index (χ4v) is 3.88. The topological polar surface area (TPSA) is 95.1 Å². The van der Waals surface area contributed by atoms with E-state index in [2.05, 4.69) is 10.6 Å². The lowest BCUT2D eigenvalue weighted by Crippen LogP contribution is -2.48. The molecular weight excluding hydrogens is 376 g/mol. The molecule has 2 unspecified atom stereocenters. The summed E-state index contributed by atoms with van der Waals surface area (Å²) in [6.45, 7) is 0.327. The molecule has 0 saturated heterocycles. The van der Waals surface area contributed by atoms with Crippen LogP contribution in [0.5, 0.6) is 23.0 Å². The highest BCUT2D eigenvalue weighted by molar-refractivity contribution is 5.96. The predicted octanol–water partition coefficient (Wildman–Crippen LogP) is 2.22. The van der Waals surface area contributed by atoms with Crippen molar-refractivity contribution in [1.82, 2.24) is 10.6 Å². The molecule has 5 rings (SSSR count). The number of amides is 2. The van der Waals surface area contributed by atoms with E-state index in [1.165, 1.54) is 0 Å². The number of hydrogen-bond acceptors (Lipinski definition) is 6. The Kier molecular flexibility index (Phi) is 4.38. The molecule has 8 heteroatoms. The van der Waals surface area contributed by atoms with Gasteiger partial charge in [-0.2, -0.15) is 0 Å². The highest BCUT2D eigenvalue weighted by Gasteiger charge is 2.31. The third kappa shape index (κ3) is 3.41. The highest BCUT2D eigenvalue weighted by Crippen LogP contribution is 2.33. The lowest BCUT2D eigenvalue weighted by Gasteiger charge is -2.22. The van der Waals surface area contributed by atoms with Gasteiger partial charge in [-0.1, -0.05) is 0 Å². The Morgan fingerprint density at radius 3 is 1.62 bits per heavy atom. The number of carbonyl (C=O) groups is 2. The molecule has 2 aliphatic heterocycles. The zero-order valence-electron chi connectivity index (χ0n) is 15.6. The SMILES string of the molecule is O=C(NC1CCCC1NC(=O)c1ccc2c(c1)OCO2)c1ccc2c(c1)OCO2. The van der Waals surface area contributed by atoms with Gasteiger partial charge in [0.25, 0.3) is 11.8 Å². The van der Waals surface area contributed by atoms with E-state index in [1.807, 2.05) is 0 Å². The lowest BCUT2D eigenvalue weighted by molar-refractivity contribution is 0.0891. The van der Waals surface area contributed by atoms with Crippen molar-refractivity contribution in [3.05, 3.63) is 47.5 Å². The first-order valence-corrected chi connectivity index (χ1v) is 9.58. The third-order valence-corrected chi connectivity index (χ3v) is 5.42. The van der Waals surface area contributed by atoms with Crippen molar-refractivity contribution in [2.45, 2.75) is 31.3 Å². The summed E-state index contributed by atoms with van der Waals surface area (Å²) in [6.07, 6.45) is 2.54. The monoisotopic (exact) mass is 396 g/mol. The zero-order valence-corrected chi connectivity index (χ0v) is 15.6. The number of nitrogens with one attached hydrogen (secondary N) is 2. The van der Waals surface area contributed by atoms with Gasteiger partial charge in [0.1, 0.15) is 0 Å². The number of rotatable bonds is 4. The Balaban J connectivity index is 1.24. The molecule has 29 heavy (non-hydrogen) atoms. The molecule has 1 fully saturated rings. The van der Waals surface area contributed by atoms with Crippen molar-refractivity contribution in [2.24, 2.45) is 0 Å². The van der Waals surface area contributed by atoms with Gasteiger partial charge < -0.3 is 29.6 Å². The van der Waals surface area contributed by atoms with Crippen molar-refractivity contribution < 1.29 is 28.5 Å². The van der Waals surface area contributed by atoms with E-state index in [1.54, 1.807) is 36.4 Å². The summed E-state index contributed by atoms with van der Waals surface area (Å²) in [5.74, 6) is 2.01. The van der Waals surface area contributed by atoms with Crippen LogP contribution in [0.15, 0.2) is 36.4 Å². The summed E-state index contributed by atoms with van der Waals surface area (Å²) in [4.78, 5) is 25.4. The molecule has 0 radical (unpaired) electrons. The van der Waals surface area contributed by atoms with Crippen LogP contribution in [0, 0.1) is 0 Å². The summed E-state index contributed by atoms with van der Waals surface area (Å²) < 4.78 is 21.2. The summed E-state index contributed by atoms with van der Waals surface area (Å²) in [5, 5.41) is 6.08. The molecule has 150 valence electrons. The minimum absolute atomic E-state index is 0.133. The Hall–Kier alpha value is -3.42. The normalized spacial score (nSPS) is 21.1. The minimum Gasteiger partial charge on any atom is -0.454 e. The van der Waals surface area contributed by atoms with Crippen molar-refractivity contribution in [2.75, 3.05) is 13.6 Å². The van der Waals surface area contributed by atoms with Crippen molar-refractivity contribution >= 4 is 11.8 Å². The van der Waals surface area contributed by atoms with Crippen LogP contribution in [0.25, 0.3) is 0 Å². The molecule has 8 nitrogen and oxygen atoms in total. The standard InChI is InChI=1S/C21H20N2O6/c24-20(12-4-6-16-18(8-12)28-10-26-16)22-14-2-1-3-15(14)23-21(25)13-5-7-17-19(9-13)29-11-27-17/h4-9,14-15H,1-3,10-11H2,(H,22,24)(H,23,25). The van der Waals surface area contributed by atoms with E-state index in [0.717, 1.165) is 19.3 Å². The molecule has 2 heterocycles. The van der Waals surface area contributed by atoms with E-state index in [0.29, 0.717) is 34.1 Å². The smallest absolute Gasteiger partial charge is 0.251 e. The Bertz CT molecular complexity index is 898. The van der Waals surface area contributed by atoms with E-state index >= 15 is 0 Å². The van der Waals surface area contributed by atoms with Gasteiger partial charge in [0.15, 0.2) is 23.0 Å². The Morgan fingerprint density at radius 1 is 0.690 bits per heavy atom. The molecule has 0 aromatic heterocycles. The van der Waals surface area contributed by atoms with Crippen LogP contribution in [0.4, 0.5) is 0 Å². The van der Waals surface area contributed by atoms with Crippen LogP contribution in [0.3, 0.4) is 0 Å². The molecule has 1 saturated carbocycles. The second kappa shape index (κ2) is 7.20. The maximum Gasteiger partial charge on any atom is 0.251 e. The molecule has 0 bridgehead atoms. The maximum atomic E-state index is 12.7. The molecule has 2 aromatic carbocycles. The van der Waals surface area contributed by atoms with Gasteiger partial charge in [0.2, 0.25) is 13.6 Å². The van der Waals surface area contributed by atoms with E-state index in [-0.39, 0.29) is 37.5 Å². The highest BCUT2D eigenvalue weighted by atomic mass is 16.7. The minimum atomic E-state index is -0.197. The summed E-state index contributed by atoms with van der Waals surface area (Å²) in [6, 6.07) is 9.95. The number of ether oxygens (including phenoxy) is 4. The largest absolute Gasteiger partial charge is 0.454 e. The maximum absolute atomic E-state index is 12.7. The van der Waals surface area contributed by atoms with Gasteiger partial charge in [-0.05, 0) is 55.7 Å². The fraction of sp³-hybridized carbons (Fsp3) is 0.333. The number of hydrogen-bond donors (Lipinski definition) is 2. The lowest BCUT2D eigenvalue weighted by atomic mass is 10.1. The molecule has 2 aromatic rings. The average molecular weight is 396 g/mol. The van der Waals surface area contributed by atoms with Gasteiger partial charge in [0.05, 0.1) is 0 Å².